The summed E-state index contributed by atoms with van der Waals surface area (Å²) < 4.78 is 5.99. The van der Waals surface area contributed by atoms with Gasteiger partial charge in [-0.3, -0.25) is 0 Å². The maximum Gasteiger partial charge on any atom is 0.232 e. The Morgan fingerprint density at radius 2 is 2.04 bits per heavy atom. The monoisotopic (exact) mass is 373 g/mol. The molecule has 2 N–H and O–H groups in total. The first-order valence-corrected chi connectivity index (χ1v) is 9.94. The van der Waals surface area contributed by atoms with Crippen molar-refractivity contribution in [2.24, 2.45) is 0 Å². The molecule has 1 saturated heterocycles. The van der Waals surface area contributed by atoms with Crippen molar-refractivity contribution in [3.8, 4) is 5.88 Å². The highest BCUT2D eigenvalue weighted by atomic mass is 32.2. The number of anilines is 2. The highest BCUT2D eigenvalue weighted by molar-refractivity contribution is 7.99. The zero-order valence-corrected chi connectivity index (χ0v) is 16.3. The van der Waals surface area contributed by atoms with E-state index in [1.807, 2.05) is 30.5 Å². The number of unbranched alkanes of at least 4 members (excludes halogenated alkanes) is 1. The molecule has 0 radical (unpaired) electrons. The number of piperazine rings is 1. The Labute approximate surface area is 159 Å². The molecule has 26 heavy (non-hydrogen) atoms. The van der Waals surface area contributed by atoms with Gasteiger partial charge in [0.25, 0.3) is 0 Å². The molecule has 0 spiro atoms. The molecule has 0 aliphatic carbocycles. The van der Waals surface area contributed by atoms with Gasteiger partial charge in [0.1, 0.15) is 0 Å². The SMILES string of the molecule is CCCCOc1nc(N2CCN(C)CC2)ncc1Sc1cccc(N)c1. The molecule has 2 aromatic rings. The number of aromatic nitrogens is 2. The lowest BCUT2D eigenvalue weighted by atomic mass is 10.3. The maximum atomic E-state index is 5.99. The van der Waals surface area contributed by atoms with Crippen molar-refractivity contribution in [3.05, 3.63) is 30.5 Å². The summed E-state index contributed by atoms with van der Waals surface area (Å²) in [6.45, 7) is 6.74. The standard InChI is InChI=1S/C19H27N5OS/c1-3-4-12-25-18-17(26-16-7-5-6-15(20)13-16)14-21-19(22-18)24-10-8-23(2)9-11-24/h5-7,13-14H,3-4,8-12,20H2,1-2H3. The zero-order valence-electron chi connectivity index (χ0n) is 15.5. The Morgan fingerprint density at radius 3 is 2.77 bits per heavy atom. The van der Waals surface area contributed by atoms with Gasteiger partial charge in [0.2, 0.25) is 11.8 Å². The first-order chi connectivity index (χ1) is 12.7. The number of hydrogen-bond donors (Lipinski definition) is 1. The van der Waals surface area contributed by atoms with Crippen LogP contribution < -0.4 is 15.4 Å². The number of likely N-dealkylation sites (N-methyl/N-ethyl adjacent to an activating group) is 1. The molecule has 0 saturated carbocycles. The van der Waals surface area contributed by atoms with E-state index in [0.29, 0.717) is 12.5 Å². The van der Waals surface area contributed by atoms with Gasteiger partial charge in [-0.1, -0.05) is 31.2 Å². The van der Waals surface area contributed by atoms with Crippen LogP contribution in [0.2, 0.25) is 0 Å². The van der Waals surface area contributed by atoms with Crippen molar-refractivity contribution < 1.29 is 4.74 Å². The molecule has 1 aromatic heterocycles. The van der Waals surface area contributed by atoms with Crippen molar-refractivity contribution in [2.45, 2.75) is 29.6 Å². The number of hydrogen-bond acceptors (Lipinski definition) is 7. The summed E-state index contributed by atoms with van der Waals surface area (Å²) in [5, 5.41) is 0. The van der Waals surface area contributed by atoms with Gasteiger partial charge in [0.15, 0.2) is 0 Å². The minimum atomic E-state index is 0.662. The van der Waals surface area contributed by atoms with E-state index in [2.05, 4.69) is 28.8 Å². The number of benzene rings is 1. The smallest absolute Gasteiger partial charge is 0.232 e. The molecule has 1 fully saturated rings. The molecule has 2 heterocycles. The van der Waals surface area contributed by atoms with Gasteiger partial charge in [0, 0.05) is 36.8 Å². The van der Waals surface area contributed by atoms with Crippen LogP contribution in [0.1, 0.15) is 19.8 Å². The van der Waals surface area contributed by atoms with Crippen molar-refractivity contribution in [1.82, 2.24) is 14.9 Å². The fourth-order valence-electron chi connectivity index (χ4n) is 2.70. The molecule has 0 atom stereocenters. The van der Waals surface area contributed by atoms with Crippen LogP contribution in [0.15, 0.2) is 40.3 Å². The molecule has 0 unspecified atom stereocenters. The average Bonchev–Trinajstić information content (AvgIpc) is 2.64. The molecule has 140 valence electrons. The first kappa shape index (κ1) is 18.8. The molecule has 0 amide bonds. The van der Waals surface area contributed by atoms with Crippen molar-refractivity contribution >= 4 is 23.4 Å². The molecular formula is C19H27N5OS. The van der Waals surface area contributed by atoms with Crippen LogP contribution in [-0.4, -0.2) is 54.7 Å². The van der Waals surface area contributed by atoms with Gasteiger partial charge < -0.3 is 20.3 Å². The largest absolute Gasteiger partial charge is 0.477 e. The summed E-state index contributed by atoms with van der Waals surface area (Å²) in [4.78, 5) is 15.9. The van der Waals surface area contributed by atoms with E-state index in [1.165, 1.54) is 0 Å². The van der Waals surface area contributed by atoms with Crippen LogP contribution >= 0.6 is 11.8 Å². The molecule has 7 heteroatoms. The molecule has 6 nitrogen and oxygen atoms in total. The van der Waals surface area contributed by atoms with E-state index in [1.54, 1.807) is 11.8 Å². The second-order valence-corrected chi connectivity index (χ2v) is 7.62. The predicted octanol–water partition coefficient (Wildman–Crippen LogP) is 3.14. The first-order valence-electron chi connectivity index (χ1n) is 9.12. The van der Waals surface area contributed by atoms with E-state index in [0.717, 1.165) is 60.4 Å². The molecule has 1 aliphatic rings. The molecule has 1 aromatic carbocycles. The van der Waals surface area contributed by atoms with Gasteiger partial charge in [-0.15, -0.1) is 0 Å². The average molecular weight is 374 g/mol. The lowest BCUT2D eigenvalue weighted by Crippen LogP contribution is -2.45. The van der Waals surface area contributed by atoms with Crippen LogP contribution in [0.3, 0.4) is 0 Å². The van der Waals surface area contributed by atoms with Gasteiger partial charge in [-0.25, -0.2) is 4.98 Å². The maximum absolute atomic E-state index is 5.99. The Kier molecular flexibility index (Phi) is 6.57. The fourth-order valence-corrected chi connectivity index (χ4v) is 3.59. The topological polar surface area (TPSA) is 67.5 Å². The molecule has 1 aliphatic heterocycles. The molecular weight excluding hydrogens is 346 g/mol. The van der Waals surface area contributed by atoms with Gasteiger partial charge in [-0.2, -0.15) is 4.98 Å². The van der Waals surface area contributed by atoms with E-state index in [9.17, 15) is 0 Å². The molecule has 0 bridgehead atoms. The summed E-state index contributed by atoms with van der Waals surface area (Å²) >= 11 is 1.59. The highest BCUT2D eigenvalue weighted by Gasteiger charge is 2.19. The van der Waals surface area contributed by atoms with E-state index >= 15 is 0 Å². The minimum Gasteiger partial charge on any atom is -0.477 e. The van der Waals surface area contributed by atoms with E-state index in [4.69, 9.17) is 15.5 Å². The zero-order chi connectivity index (χ0) is 18.4. The minimum absolute atomic E-state index is 0.662. The Hall–Kier alpha value is -1.99. The van der Waals surface area contributed by atoms with Crippen LogP contribution in [0.4, 0.5) is 11.6 Å². The highest BCUT2D eigenvalue weighted by Crippen LogP contribution is 2.35. The lowest BCUT2D eigenvalue weighted by molar-refractivity contribution is 0.287. The van der Waals surface area contributed by atoms with E-state index < -0.39 is 0 Å². The summed E-state index contributed by atoms with van der Waals surface area (Å²) in [7, 11) is 2.14. The van der Waals surface area contributed by atoms with Crippen molar-refractivity contribution in [2.75, 3.05) is 50.5 Å². The Morgan fingerprint density at radius 1 is 1.23 bits per heavy atom. The summed E-state index contributed by atoms with van der Waals surface area (Å²) in [6, 6.07) is 7.82. The van der Waals surface area contributed by atoms with E-state index in [-0.39, 0.29) is 0 Å². The Balaban J connectivity index is 1.80. The number of ether oxygens (including phenoxy) is 1. The fraction of sp³-hybridized carbons (Fsp3) is 0.474. The normalized spacial score (nSPS) is 15.2. The predicted molar refractivity (Wildman–Crippen MR) is 107 cm³/mol. The van der Waals surface area contributed by atoms with Gasteiger partial charge >= 0.3 is 0 Å². The lowest BCUT2D eigenvalue weighted by Gasteiger charge is -2.32. The summed E-state index contributed by atoms with van der Waals surface area (Å²) in [6.07, 6.45) is 3.97. The van der Waals surface area contributed by atoms with Crippen LogP contribution in [0, 0.1) is 0 Å². The quantitative estimate of drug-likeness (QED) is 0.591. The molecule has 3 rings (SSSR count). The number of nitrogens with zero attached hydrogens (tertiary/aromatic N) is 4. The van der Waals surface area contributed by atoms with Crippen molar-refractivity contribution in [1.29, 1.82) is 0 Å². The second-order valence-electron chi connectivity index (χ2n) is 6.51. The third-order valence-electron chi connectivity index (χ3n) is 4.32. The third kappa shape index (κ3) is 5.02. The third-order valence-corrected chi connectivity index (χ3v) is 5.31. The number of rotatable bonds is 7. The van der Waals surface area contributed by atoms with Gasteiger partial charge in [0.05, 0.1) is 17.7 Å². The summed E-state index contributed by atoms with van der Waals surface area (Å²) in [5.41, 5.74) is 6.64. The van der Waals surface area contributed by atoms with Crippen LogP contribution in [0.25, 0.3) is 0 Å². The van der Waals surface area contributed by atoms with Crippen LogP contribution in [0.5, 0.6) is 5.88 Å². The second kappa shape index (κ2) is 9.09. The van der Waals surface area contributed by atoms with Crippen molar-refractivity contribution in [3.63, 3.8) is 0 Å². The van der Waals surface area contributed by atoms with Gasteiger partial charge in [-0.05, 0) is 31.7 Å². The Bertz CT molecular complexity index is 719. The van der Waals surface area contributed by atoms with Crippen LogP contribution in [-0.2, 0) is 0 Å². The summed E-state index contributed by atoms with van der Waals surface area (Å²) in [5.74, 6) is 1.41. The number of nitrogens with two attached hydrogens (primary N) is 1. The number of nitrogen functional groups attached to an aromatic ring is 1.